The maximum absolute atomic E-state index is 13.5. The molecule has 0 bridgehead atoms. The molecule has 1 aromatic heterocycles. The van der Waals surface area contributed by atoms with Crippen LogP contribution in [0.15, 0.2) is 52.7 Å². The van der Waals surface area contributed by atoms with Crippen LogP contribution in [0.3, 0.4) is 0 Å². The Kier molecular flexibility index (Phi) is 7.48. The van der Waals surface area contributed by atoms with Gasteiger partial charge in [0.05, 0.1) is 4.91 Å². The average molecular weight is 547 g/mol. The Hall–Kier alpha value is -3.61. The molecule has 1 aliphatic heterocycles. The summed E-state index contributed by atoms with van der Waals surface area (Å²) in [5.41, 5.74) is 0.907. The van der Waals surface area contributed by atoms with E-state index in [1.165, 1.54) is 40.5 Å². The summed E-state index contributed by atoms with van der Waals surface area (Å²) in [6, 6.07) is 8.59. The summed E-state index contributed by atoms with van der Waals surface area (Å²) < 4.78 is 27.3. The molecule has 4 rings (SSSR count). The number of nitrogens with zero attached hydrogens (tertiary/aromatic N) is 1. The monoisotopic (exact) mass is 546 g/mol. The first-order chi connectivity index (χ1) is 17.1. The van der Waals surface area contributed by atoms with E-state index in [2.05, 4.69) is 5.32 Å². The highest BCUT2D eigenvalue weighted by molar-refractivity contribution is 8.26. The van der Waals surface area contributed by atoms with Gasteiger partial charge < -0.3 is 15.5 Å². The normalized spacial score (nSPS) is 14.5. The summed E-state index contributed by atoms with van der Waals surface area (Å²) in [5, 5.41) is 23.0. The average Bonchev–Trinajstić information content (AvgIpc) is 3.36. The summed E-state index contributed by atoms with van der Waals surface area (Å²) in [6.07, 6.45) is 1.55. The third kappa shape index (κ3) is 5.78. The van der Waals surface area contributed by atoms with Gasteiger partial charge in [-0.05, 0) is 52.9 Å². The van der Waals surface area contributed by atoms with E-state index in [9.17, 15) is 28.3 Å². The first kappa shape index (κ1) is 25.5. The minimum Gasteiger partial charge on any atom is -0.507 e. The second-order valence-electron chi connectivity index (χ2n) is 7.56. The van der Waals surface area contributed by atoms with Gasteiger partial charge in [0.2, 0.25) is 5.91 Å². The fourth-order valence-electron chi connectivity index (χ4n) is 3.35. The number of nitrogens with one attached hydrogen (secondary N) is 1. The molecule has 12 heteroatoms. The molecule has 2 amide bonds. The number of amides is 2. The molecule has 3 aromatic rings. The molecule has 0 atom stereocenters. The van der Waals surface area contributed by atoms with Crippen molar-refractivity contribution in [3.05, 3.63) is 74.8 Å². The lowest BCUT2D eigenvalue weighted by Gasteiger charge is -2.14. The SMILES string of the molecule is O=C(CCN1C(=O)C(=Cc2cc(-c3cc(F)cc(F)c3)cs2)SC1=S)Nc1ccc(C(=O)O)c(O)c1. The summed E-state index contributed by atoms with van der Waals surface area (Å²) >= 11 is 7.67. The van der Waals surface area contributed by atoms with E-state index < -0.39 is 29.3 Å². The highest BCUT2D eigenvalue weighted by Crippen LogP contribution is 2.35. The quantitative estimate of drug-likeness (QED) is 0.272. The topological polar surface area (TPSA) is 107 Å². The van der Waals surface area contributed by atoms with Crippen molar-refractivity contribution in [2.75, 3.05) is 11.9 Å². The van der Waals surface area contributed by atoms with E-state index in [4.69, 9.17) is 17.3 Å². The standard InChI is InChI=1S/C24H16F2N2O5S3/c25-14-5-12(6-15(26)8-14)13-7-17(35-11-13)10-20-22(31)28(24(34)36-20)4-3-21(30)27-16-1-2-18(23(32)33)19(29)9-16/h1-2,5-11,29H,3-4H2,(H,27,30)(H,32,33). The molecular formula is C24H16F2N2O5S3. The predicted octanol–water partition coefficient (Wildman–Crippen LogP) is 5.33. The predicted molar refractivity (Wildman–Crippen MR) is 138 cm³/mol. The molecule has 1 fully saturated rings. The number of rotatable bonds is 7. The molecule has 0 saturated carbocycles. The number of halogens is 2. The largest absolute Gasteiger partial charge is 0.507 e. The fraction of sp³-hybridized carbons (Fsp3) is 0.0833. The Morgan fingerprint density at radius 2 is 1.81 bits per heavy atom. The number of carboxylic acids is 1. The van der Waals surface area contributed by atoms with Crippen LogP contribution in [0.1, 0.15) is 21.7 Å². The van der Waals surface area contributed by atoms with Crippen molar-refractivity contribution in [2.24, 2.45) is 0 Å². The van der Waals surface area contributed by atoms with Gasteiger partial charge in [-0.3, -0.25) is 14.5 Å². The summed E-state index contributed by atoms with van der Waals surface area (Å²) in [6.45, 7) is 0.0191. The Morgan fingerprint density at radius 3 is 2.47 bits per heavy atom. The van der Waals surface area contributed by atoms with Crippen molar-refractivity contribution in [2.45, 2.75) is 6.42 Å². The first-order valence-electron chi connectivity index (χ1n) is 10.3. The number of carbonyl (C=O) groups excluding carboxylic acids is 2. The van der Waals surface area contributed by atoms with E-state index >= 15 is 0 Å². The van der Waals surface area contributed by atoms with Crippen LogP contribution in [-0.4, -0.2) is 43.8 Å². The number of hydrogen-bond donors (Lipinski definition) is 3. The number of thiocarbonyl (C=S) groups is 1. The number of aromatic carboxylic acids is 1. The second kappa shape index (κ2) is 10.6. The number of phenols is 1. The van der Waals surface area contributed by atoms with Crippen molar-refractivity contribution in [3.63, 3.8) is 0 Å². The van der Waals surface area contributed by atoms with Crippen molar-refractivity contribution in [1.29, 1.82) is 0 Å². The zero-order valence-corrected chi connectivity index (χ0v) is 20.6. The molecular weight excluding hydrogens is 530 g/mol. The van der Waals surface area contributed by atoms with Gasteiger partial charge in [-0.1, -0.05) is 24.0 Å². The van der Waals surface area contributed by atoms with Gasteiger partial charge in [0, 0.05) is 35.7 Å². The third-order valence-corrected chi connectivity index (χ3v) is 7.29. The van der Waals surface area contributed by atoms with E-state index in [0.29, 0.717) is 20.9 Å². The van der Waals surface area contributed by atoms with Gasteiger partial charge in [0.25, 0.3) is 5.91 Å². The molecule has 2 aromatic carbocycles. The lowest BCUT2D eigenvalue weighted by molar-refractivity contribution is -0.122. The van der Waals surface area contributed by atoms with E-state index in [1.807, 2.05) is 0 Å². The van der Waals surface area contributed by atoms with Crippen molar-refractivity contribution < 1.29 is 33.4 Å². The number of anilines is 1. The molecule has 36 heavy (non-hydrogen) atoms. The zero-order valence-electron chi connectivity index (χ0n) is 18.2. The number of carbonyl (C=O) groups is 3. The summed E-state index contributed by atoms with van der Waals surface area (Å²) in [7, 11) is 0. The van der Waals surface area contributed by atoms with Crippen LogP contribution < -0.4 is 5.32 Å². The minimum atomic E-state index is -1.30. The van der Waals surface area contributed by atoms with Crippen molar-refractivity contribution in [3.8, 4) is 16.9 Å². The Labute approximate surface area is 217 Å². The molecule has 184 valence electrons. The smallest absolute Gasteiger partial charge is 0.339 e. The maximum Gasteiger partial charge on any atom is 0.339 e. The number of aromatic hydroxyl groups is 1. The van der Waals surface area contributed by atoms with Crippen LogP contribution in [0, 0.1) is 11.6 Å². The highest BCUT2D eigenvalue weighted by atomic mass is 32.2. The van der Waals surface area contributed by atoms with Crippen LogP contribution in [0.25, 0.3) is 17.2 Å². The third-order valence-electron chi connectivity index (χ3n) is 5.04. The van der Waals surface area contributed by atoms with Crippen LogP contribution in [-0.2, 0) is 9.59 Å². The van der Waals surface area contributed by atoms with Crippen molar-refractivity contribution in [1.82, 2.24) is 4.90 Å². The molecule has 1 saturated heterocycles. The van der Waals surface area contributed by atoms with E-state index in [1.54, 1.807) is 17.5 Å². The van der Waals surface area contributed by atoms with Gasteiger partial charge in [-0.25, -0.2) is 13.6 Å². The van der Waals surface area contributed by atoms with E-state index in [-0.39, 0.29) is 34.4 Å². The molecule has 0 aliphatic carbocycles. The summed E-state index contributed by atoms with van der Waals surface area (Å²) in [4.78, 5) is 38.5. The van der Waals surface area contributed by atoms with Gasteiger partial charge in [-0.2, -0.15) is 0 Å². The number of hydrogen-bond acceptors (Lipinski definition) is 7. The molecule has 0 unspecified atom stereocenters. The first-order valence-corrected chi connectivity index (χ1v) is 12.4. The number of thiophene rings is 1. The lowest BCUT2D eigenvalue weighted by Crippen LogP contribution is -2.31. The van der Waals surface area contributed by atoms with Crippen LogP contribution in [0.4, 0.5) is 14.5 Å². The van der Waals surface area contributed by atoms with Crippen molar-refractivity contribution >= 4 is 69.2 Å². The highest BCUT2D eigenvalue weighted by Gasteiger charge is 2.32. The van der Waals surface area contributed by atoms with Gasteiger partial charge in [-0.15, -0.1) is 11.3 Å². The zero-order chi connectivity index (χ0) is 26.0. The summed E-state index contributed by atoms with van der Waals surface area (Å²) in [5.74, 6) is -3.97. The Balaban J connectivity index is 1.38. The number of benzene rings is 2. The van der Waals surface area contributed by atoms with Crippen LogP contribution in [0.2, 0.25) is 0 Å². The Bertz CT molecular complexity index is 1420. The molecule has 7 nitrogen and oxygen atoms in total. The number of carboxylic acid groups (broad SMARTS) is 1. The fourth-order valence-corrected chi connectivity index (χ4v) is 5.57. The van der Waals surface area contributed by atoms with Crippen LogP contribution in [0.5, 0.6) is 5.75 Å². The lowest BCUT2D eigenvalue weighted by atomic mass is 10.1. The van der Waals surface area contributed by atoms with Gasteiger partial charge in [0.15, 0.2) is 0 Å². The molecule has 0 spiro atoms. The van der Waals surface area contributed by atoms with Gasteiger partial charge in [0.1, 0.15) is 27.3 Å². The maximum atomic E-state index is 13.5. The second-order valence-corrected chi connectivity index (χ2v) is 10.2. The molecule has 1 aliphatic rings. The Morgan fingerprint density at radius 1 is 1.08 bits per heavy atom. The van der Waals surface area contributed by atoms with E-state index in [0.717, 1.165) is 23.9 Å². The molecule has 3 N–H and O–H groups in total. The van der Waals surface area contributed by atoms with Gasteiger partial charge >= 0.3 is 5.97 Å². The molecule has 2 heterocycles. The minimum absolute atomic E-state index is 0.0191. The van der Waals surface area contributed by atoms with Crippen LogP contribution >= 0.6 is 35.3 Å². The molecule has 0 radical (unpaired) electrons. The number of thioether (sulfide) groups is 1.